The van der Waals surface area contributed by atoms with Crippen molar-refractivity contribution in [3.05, 3.63) is 46.1 Å². The summed E-state index contributed by atoms with van der Waals surface area (Å²) >= 11 is 0. The van der Waals surface area contributed by atoms with Crippen molar-refractivity contribution in [3.8, 4) is 11.5 Å². The first-order valence-electron chi connectivity index (χ1n) is 12.2. The van der Waals surface area contributed by atoms with Crippen LogP contribution >= 0.6 is 0 Å². The van der Waals surface area contributed by atoms with Gasteiger partial charge in [-0.25, -0.2) is 4.79 Å². The number of hydrogen-bond acceptors (Lipinski definition) is 6. The molecule has 0 aliphatic carbocycles. The van der Waals surface area contributed by atoms with Gasteiger partial charge in [0.2, 0.25) is 6.29 Å². The minimum Gasteiger partial charge on any atom is -0.508 e. The second-order valence-corrected chi connectivity index (χ2v) is 9.35. The van der Waals surface area contributed by atoms with Crippen molar-refractivity contribution >= 4 is 5.97 Å². The van der Waals surface area contributed by atoms with Crippen molar-refractivity contribution in [1.29, 1.82) is 0 Å². The Balaban J connectivity index is 2.44. The second-order valence-electron chi connectivity index (χ2n) is 9.35. The highest BCUT2D eigenvalue weighted by Gasteiger charge is 2.33. The number of carbonyl (C=O) groups is 1. The van der Waals surface area contributed by atoms with E-state index < -0.39 is 24.5 Å². The smallest absolute Gasteiger partial charge is 0.339 e. The number of aliphatic hydroxyl groups excluding tert-OH is 2. The number of unbranched alkanes of at least 4 members (excludes halogenated alkanes) is 2. The molecular weight excluding hydrogens is 436 g/mol. The summed E-state index contributed by atoms with van der Waals surface area (Å²) in [6, 6.07) is 1.52. The maximum Gasteiger partial charge on any atom is 0.339 e. The molecule has 0 radical (unpaired) electrons. The van der Waals surface area contributed by atoms with Crippen LogP contribution in [0.15, 0.2) is 29.4 Å². The van der Waals surface area contributed by atoms with Crippen molar-refractivity contribution in [2.45, 2.75) is 97.6 Å². The number of rotatable bonds is 12. The monoisotopic (exact) mass is 476 g/mol. The molecule has 1 aliphatic rings. The summed E-state index contributed by atoms with van der Waals surface area (Å²) in [5.41, 5.74) is 3.19. The Morgan fingerprint density at radius 1 is 1.21 bits per heavy atom. The molecule has 1 saturated heterocycles. The number of carboxylic acids is 1. The number of benzene rings is 1. The van der Waals surface area contributed by atoms with E-state index in [-0.39, 0.29) is 36.5 Å². The maximum absolute atomic E-state index is 12.3. The van der Waals surface area contributed by atoms with Crippen molar-refractivity contribution in [2.24, 2.45) is 0 Å². The van der Waals surface area contributed by atoms with E-state index in [2.05, 4.69) is 26.8 Å². The van der Waals surface area contributed by atoms with E-state index in [0.717, 1.165) is 37.7 Å². The topological polar surface area (TPSA) is 116 Å². The molecule has 2 rings (SSSR count). The van der Waals surface area contributed by atoms with Crippen LogP contribution in [0.4, 0.5) is 0 Å². The van der Waals surface area contributed by atoms with E-state index in [9.17, 15) is 25.2 Å². The zero-order chi connectivity index (χ0) is 25.3. The largest absolute Gasteiger partial charge is 0.508 e. The summed E-state index contributed by atoms with van der Waals surface area (Å²) in [7, 11) is 0. The van der Waals surface area contributed by atoms with Gasteiger partial charge in [-0.3, -0.25) is 0 Å². The molecule has 3 unspecified atom stereocenters. The Morgan fingerprint density at radius 2 is 1.94 bits per heavy atom. The number of aromatic carboxylic acids is 1. The number of carboxylic acid groups (broad SMARTS) is 1. The predicted molar refractivity (Wildman–Crippen MR) is 131 cm³/mol. The van der Waals surface area contributed by atoms with Crippen LogP contribution < -0.4 is 4.74 Å². The van der Waals surface area contributed by atoms with Crippen LogP contribution in [-0.2, 0) is 17.6 Å². The Bertz CT molecular complexity index is 883. The molecular formula is C27H40O7. The summed E-state index contributed by atoms with van der Waals surface area (Å²) in [6.45, 7) is 8.15. The number of hydrogen-bond donors (Lipinski definition) is 4. The normalized spacial score (nSPS) is 20.8. The second kappa shape index (κ2) is 13.5. The summed E-state index contributed by atoms with van der Waals surface area (Å²) in [4.78, 5) is 12.3. The fourth-order valence-corrected chi connectivity index (χ4v) is 4.03. The lowest BCUT2D eigenvalue weighted by Crippen LogP contribution is -2.44. The van der Waals surface area contributed by atoms with Gasteiger partial charge in [0.05, 0.1) is 12.7 Å². The summed E-state index contributed by atoms with van der Waals surface area (Å²) in [5, 5.41) is 41.0. The van der Waals surface area contributed by atoms with Gasteiger partial charge < -0.3 is 29.9 Å². The first-order chi connectivity index (χ1) is 16.1. The van der Waals surface area contributed by atoms with Gasteiger partial charge in [0.1, 0.15) is 23.2 Å². The van der Waals surface area contributed by atoms with Gasteiger partial charge in [0, 0.05) is 12.0 Å². The average molecular weight is 477 g/mol. The van der Waals surface area contributed by atoms with E-state index in [1.54, 1.807) is 0 Å². The van der Waals surface area contributed by atoms with Gasteiger partial charge in [-0.05, 0) is 64.5 Å². The predicted octanol–water partition coefficient (Wildman–Crippen LogP) is 4.91. The first kappa shape index (κ1) is 27.9. The fraction of sp³-hybridized carbons (Fsp3) is 0.593. The van der Waals surface area contributed by atoms with Gasteiger partial charge in [0.15, 0.2) is 0 Å². The van der Waals surface area contributed by atoms with Gasteiger partial charge in [-0.2, -0.15) is 0 Å². The van der Waals surface area contributed by atoms with E-state index >= 15 is 0 Å². The number of phenols is 1. The number of phenolic OH excluding ortho intramolecular Hbond substituents is 1. The zero-order valence-electron chi connectivity index (χ0n) is 20.8. The van der Waals surface area contributed by atoms with Gasteiger partial charge in [0.25, 0.3) is 0 Å². The number of allylic oxidation sites excluding steroid dienone is 4. The molecule has 7 heteroatoms. The third kappa shape index (κ3) is 8.15. The van der Waals surface area contributed by atoms with Gasteiger partial charge in [-0.1, -0.05) is 43.1 Å². The van der Waals surface area contributed by atoms with Crippen molar-refractivity contribution in [2.75, 3.05) is 6.61 Å². The number of aromatic hydroxyl groups is 1. The van der Waals surface area contributed by atoms with Crippen LogP contribution in [-0.4, -0.2) is 51.5 Å². The summed E-state index contributed by atoms with van der Waals surface area (Å²) < 4.78 is 11.4. The van der Waals surface area contributed by atoms with Crippen LogP contribution in [0.3, 0.4) is 0 Å². The lowest BCUT2D eigenvalue weighted by Gasteiger charge is -2.32. The molecule has 0 amide bonds. The molecule has 1 aromatic carbocycles. The van der Waals surface area contributed by atoms with Gasteiger partial charge >= 0.3 is 5.97 Å². The minimum absolute atomic E-state index is 0.0126. The Hall–Kier alpha value is -2.35. The van der Waals surface area contributed by atoms with E-state index in [0.29, 0.717) is 17.5 Å². The SMILES string of the molecule is CCCCCc1cc(O)c(C/C=C(\C)CCC=C(C)C)c(OC2OCC(O)CC2O)c1C(=O)O. The standard InChI is InChI=1S/C27H40O7/c1-5-6-7-11-19-14-22(29)21(13-12-18(4)10-8-9-17(2)3)25(24(19)26(31)32)34-27-23(30)15-20(28)16-33-27/h9,12,14,20,23,27-30H,5-8,10-11,13,15-16H2,1-4H3,(H,31,32)/b18-12+. The highest BCUT2D eigenvalue weighted by molar-refractivity contribution is 5.94. The number of aryl methyl sites for hydroxylation is 1. The van der Waals surface area contributed by atoms with Gasteiger partial charge in [-0.15, -0.1) is 0 Å². The molecule has 0 bridgehead atoms. The molecule has 1 aromatic rings. The maximum atomic E-state index is 12.3. The summed E-state index contributed by atoms with van der Waals surface area (Å²) in [5.74, 6) is -1.17. The molecule has 0 spiro atoms. The van der Waals surface area contributed by atoms with Crippen LogP contribution in [0.2, 0.25) is 0 Å². The van der Waals surface area contributed by atoms with E-state index in [4.69, 9.17) is 9.47 Å². The quantitative estimate of drug-likeness (QED) is 0.250. The Labute approximate surface area is 202 Å². The molecule has 1 heterocycles. The molecule has 0 aromatic heterocycles. The van der Waals surface area contributed by atoms with Crippen LogP contribution in [0.25, 0.3) is 0 Å². The third-order valence-corrected chi connectivity index (χ3v) is 5.97. The highest BCUT2D eigenvalue weighted by Crippen LogP contribution is 2.38. The molecule has 4 N–H and O–H groups in total. The average Bonchev–Trinajstić information content (AvgIpc) is 2.74. The molecule has 7 nitrogen and oxygen atoms in total. The fourth-order valence-electron chi connectivity index (χ4n) is 4.03. The molecule has 3 atom stereocenters. The molecule has 0 saturated carbocycles. The molecule has 1 aliphatic heterocycles. The van der Waals surface area contributed by atoms with Crippen LogP contribution in [0.5, 0.6) is 11.5 Å². The van der Waals surface area contributed by atoms with Crippen molar-refractivity contribution < 1.29 is 34.7 Å². The lowest BCUT2D eigenvalue weighted by atomic mass is 9.94. The molecule has 190 valence electrons. The number of aliphatic hydroxyl groups is 2. The number of ether oxygens (including phenoxy) is 2. The summed E-state index contributed by atoms with van der Waals surface area (Å²) in [6.07, 6.45) is 6.36. The van der Waals surface area contributed by atoms with Crippen molar-refractivity contribution in [3.63, 3.8) is 0 Å². The van der Waals surface area contributed by atoms with E-state index in [1.807, 2.05) is 13.0 Å². The van der Waals surface area contributed by atoms with Crippen LogP contribution in [0, 0.1) is 0 Å². The Morgan fingerprint density at radius 3 is 2.56 bits per heavy atom. The van der Waals surface area contributed by atoms with E-state index in [1.165, 1.54) is 11.6 Å². The third-order valence-electron chi connectivity index (χ3n) is 5.97. The highest BCUT2D eigenvalue weighted by atomic mass is 16.7. The first-order valence-corrected chi connectivity index (χ1v) is 12.2. The Kier molecular flexibility index (Phi) is 11.1. The van der Waals surface area contributed by atoms with Crippen molar-refractivity contribution in [1.82, 2.24) is 0 Å². The molecule has 34 heavy (non-hydrogen) atoms. The lowest BCUT2D eigenvalue weighted by molar-refractivity contribution is -0.199. The molecule has 1 fully saturated rings. The minimum atomic E-state index is -1.16. The zero-order valence-corrected chi connectivity index (χ0v) is 20.8. The van der Waals surface area contributed by atoms with Crippen LogP contribution in [0.1, 0.15) is 87.7 Å².